The minimum Gasteiger partial charge on any atom is -0.504 e. The molecule has 96 valence electrons. The van der Waals surface area contributed by atoms with Gasteiger partial charge in [-0.15, -0.1) is 0 Å². The highest BCUT2D eigenvalue weighted by Crippen LogP contribution is 2.27. The lowest BCUT2D eigenvalue weighted by Gasteiger charge is -2.07. The average molecular weight is 318 g/mol. The Morgan fingerprint density at radius 3 is 2.84 bits per heavy atom. The number of phenolic OH excluding ortho intramolecular Hbond substituents is 1. The SMILES string of the molecule is Oc1ccccc1OCc1c[nH]c2ccc(Br)cc12. The van der Waals surface area contributed by atoms with E-state index in [1.807, 2.05) is 24.4 Å². The van der Waals surface area contributed by atoms with Gasteiger partial charge in [0, 0.05) is 27.1 Å². The molecule has 0 aliphatic carbocycles. The van der Waals surface area contributed by atoms with Crippen molar-refractivity contribution in [2.45, 2.75) is 6.61 Å². The molecule has 3 aromatic rings. The summed E-state index contributed by atoms with van der Waals surface area (Å²) in [6, 6.07) is 13.0. The molecule has 1 aromatic heterocycles. The summed E-state index contributed by atoms with van der Waals surface area (Å²) >= 11 is 3.46. The molecule has 2 N–H and O–H groups in total. The second-order valence-electron chi connectivity index (χ2n) is 4.26. The number of fused-ring (bicyclic) bond motifs is 1. The number of rotatable bonds is 3. The van der Waals surface area contributed by atoms with E-state index < -0.39 is 0 Å². The fourth-order valence-electron chi connectivity index (χ4n) is 2.00. The average Bonchev–Trinajstić information content (AvgIpc) is 2.80. The largest absolute Gasteiger partial charge is 0.504 e. The molecule has 2 aromatic carbocycles. The van der Waals surface area contributed by atoms with Crippen LogP contribution in [-0.4, -0.2) is 10.1 Å². The molecular weight excluding hydrogens is 306 g/mol. The summed E-state index contributed by atoms with van der Waals surface area (Å²) in [5, 5.41) is 10.8. The van der Waals surface area contributed by atoms with Gasteiger partial charge < -0.3 is 14.8 Å². The molecule has 0 amide bonds. The number of aromatic nitrogens is 1. The van der Waals surface area contributed by atoms with E-state index in [1.165, 1.54) is 0 Å². The third-order valence-electron chi connectivity index (χ3n) is 2.98. The number of ether oxygens (including phenoxy) is 1. The molecular formula is C15H12BrNO2. The summed E-state index contributed by atoms with van der Waals surface area (Å²) in [6.45, 7) is 0.411. The standard InChI is InChI=1S/C15H12BrNO2/c16-11-5-6-13-12(7-11)10(8-17-13)9-19-15-4-2-1-3-14(15)18/h1-8,17-18H,9H2. The van der Waals surface area contributed by atoms with Crippen molar-refractivity contribution < 1.29 is 9.84 Å². The molecule has 0 saturated heterocycles. The fourth-order valence-corrected chi connectivity index (χ4v) is 2.37. The van der Waals surface area contributed by atoms with Gasteiger partial charge in [0.15, 0.2) is 11.5 Å². The normalized spacial score (nSPS) is 10.8. The predicted molar refractivity (Wildman–Crippen MR) is 78.4 cm³/mol. The third-order valence-corrected chi connectivity index (χ3v) is 3.47. The van der Waals surface area contributed by atoms with Crippen LogP contribution >= 0.6 is 15.9 Å². The Balaban J connectivity index is 1.86. The van der Waals surface area contributed by atoms with Gasteiger partial charge >= 0.3 is 0 Å². The fraction of sp³-hybridized carbons (Fsp3) is 0.0667. The molecule has 0 unspecified atom stereocenters. The van der Waals surface area contributed by atoms with E-state index >= 15 is 0 Å². The monoisotopic (exact) mass is 317 g/mol. The van der Waals surface area contributed by atoms with Crippen LogP contribution in [0.15, 0.2) is 53.1 Å². The summed E-state index contributed by atoms with van der Waals surface area (Å²) in [5.41, 5.74) is 2.12. The topological polar surface area (TPSA) is 45.2 Å². The maximum atomic E-state index is 9.66. The van der Waals surface area contributed by atoms with Gasteiger partial charge in [-0.05, 0) is 30.3 Å². The second kappa shape index (κ2) is 4.97. The molecule has 0 fully saturated rings. The predicted octanol–water partition coefficient (Wildman–Crippen LogP) is 4.22. The minimum atomic E-state index is 0.156. The van der Waals surface area contributed by atoms with Gasteiger partial charge in [0.2, 0.25) is 0 Å². The second-order valence-corrected chi connectivity index (χ2v) is 5.18. The molecule has 0 saturated carbocycles. The minimum absolute atomic E-state index is 0.156. The van der Waals surface area contributed by atoms with Crippen LogP contribution < -0.4 is 4.74 Å². The van der Waals surface area contributed by atoms with Crippen molar-refractivity contribution >= 4 is 26.8 Å². The Morgan fingerprint density at radius 2 is 2.00 bits per heavy atom. The van der Waals surface area contributed by atoms with Gasteiger partial charge in [-0.3, -0.25) is 0 Å². The molecule has 19 heavy (non-hydrogen) atoms. The van der Waals surface area contributed by atoms with Gasteiger partial charge in [-0.2, -0.15) is 0 Å². The van der Waals surface area contributed by atoms with Crippen molar-refractivity contribution in [2.75, 3.05) is 0 Å². The van der Waals surface area contributed by atoms with Gasteiger partial charge in [0.05, 0.1) is 0 Å². The van der Waals surface area contributed by atoms with E-state index in [9.17, 15) is 5.11 Å². The summed E-state index contributed by atoms with van der Waals surface area (Å²) in [4.78, 5) is 3.20. The maximum Gasteiger partial charge on any atom is 0.161 e. The molecule has 0 aliphatic heterocycles. The molecule has 1 heterocycles. The molecule has 0 aliphatic rings. The number of halogens is 1. The number of hydrogen-bond acceptors (Lipinski definition) is 2. The number of benzene rings is 2. The molecule has 0 radical (unpaired) electrons. The van der Waals surface area contributed by atoms with Crippen molar-refractivity contribution in [2.24, 2.45) is 0 Å². The lowest BCUT2D eigenvalue weighted by Crippen LogP contribution is -1.94. The summed E-state index contributed by atoms with van der Waals surface area (Å²) in [7, 11) is 0. The van der Waals surface area contributed by atoms with Crippen molar-refractivity contribution in [3.63, 3.8) is 0 Å². The Labute approximate surface area is 119 Å². The Bertz CT molecular complexity index is 721. The first-order chi connectivity index (χ1) is 9.24. The highest BCUT2D eigenvalue weighted by atomic mass is 79.9. The van der Waals surface area contributed by atoms with Crippen LogP contribution in [0.25, 0.3) is 10.9 Å². The molecule has 3 rings (SSSR count). The van der Waals surface area contributed by atoms with Crippen molar-refractivity contribution in [3.8, 4) is 11.5 Å². The number of hydrogen-bond donors (Lipinski definition) is 2. The van der Waals surface area contributed by atoms with E-state index in [-0.39, 0.29) is 5.75 Å². The Morgan fingerprint density at radius 1 is 1.16 bits per heavy atom. The molecule has 0 atom stereocenters. The number of H-pyrrole nitrogens is 1. The zero-order valence-electron chi connectivity index (χ0n) is 10.1. The van der Waals surface area contributed by atoms with Crippen molar-refractivity contribution in [1.29, 1.82) is 0 Å². The Kier molecular flexibility index (Phi) is 3.17. The van der Waals surface area contributed by atoms with E-state index in [0.29, 0.717) is 12.4 Å². The lowest BCUT2D eigenvalue weighted by atomic mass is 10.2. The van der Waals surface area contributed by atoms with E-state index in [2.05, 4.69) is 27.0 Å². The molecule has 0 spiro atoms. The van der Waals surface area contributed by atoms with Crippen molar-refractivity contribution in [3.05, 3.63) is 58.7 Å². The Hall–Kier alpha value is -1.94. The molecule has 0 bridgehead atoms. The van der Waals surface area contributed by atoms with Gasteiger partial charge in [0.1, 0.15) is 6.61 Å². The van der Waals surface area contributed by atoms with Gasteiger partial charge in [0.25, 0.3) is 0 Å². The van der Waals surface area contributed by atoms with Gasteiger partial charge in [-0.1, -0.05) is 28.1 Å². The first-order valence-corrected chi connectivity index (χ1v) is 6.69. The van der Waals surface area contributed by atoms with Gasteiger partial charge in [-0.25, -0.2) is 0 Å². The van der Waals surface area contributed by atoms with Crippen LogP contribution in [0.3, 0.4) is 0 Å². The lowest BCUT2D eigenvalue weighted by molar-refractivity contribution is 0.290. The zero-order chi connectivity index (χ0) is 13.2. The first kappa shape index (κ1) is 12.1. The summed E-state index contributed by atoms with van der Waals surface area (Å²) in [6.07, 6.45) is 1.93. The maximum absolute atomic E-state index is 9.66. The van der Waals surface area contributed by atoms with Crippen LogP contribution in [0.2, 0.25) is 0 Å². The van der Waals surface area contributed by atoms with E-state index in [1.54, 1.807) is 18.2 Å². The number of phenols is 1. The highest BCUT2D eigenvalue weighted by Gasteiger charge is 2.06. The van der Waals surface area contributed by atoms with Crippen LogP contribution in [0.4, 0.5) is 0 Å². The highest BCUT2D eigenvalue weighted by molar-refractivity contribution is 9.10. The van der Waals surface area contributed by atoms with Crippen molar-refractivity contribution in [1.82, 2.24) is 4.98 Å². The number of para-hydroxylation sites is 2. The number of aromatic hydroxyl groups is 1. The summed E-state index contributed by atoms with van der Waals surface area (Å²) < 4.78 is 6.67. The number of nitrogens with one attached hydrogen (secondary N) is 1. The first-order valence-electron chi connectivity index (χ1n) is 5.90. The van der Waals surface area contributed by atoms with E-state index in [0.717, 1.165) is 20.9 Å². The smallest absolute Gasteiger partial charge is 0.161 e. The zero-order valence-corrected chi connectivity index (χ0v) is 11.6. The van der Waals surface area contributed by atoms with Crippen LogP contribution in [-0.2, 0) is 6.61 Å². The molecule has 4 heteroatoms. The quantitative estimate of drug-likeness (QED) is 0.759. The number of aromatic amines is 1. The van der Waals surface area contributed by atoms with Crippen LogP contribution in [0.5, 0.6) is 11.5 Å². The molecule has 3 nitrogen and oxygen atoms in total. The van der Waals surface area contributed by atoms with Crippen LogP contribution in [0.1, 0.15) is 5.56 Å². The van der Waals surface area contributed by atoms with E-state index in [4.69, 9.17) is 4.74 Å². The van der Waals surface area contributed by atoms with Crippen LogP contribution in [0, 0.1) is 0 Å². The third kappa shape index (κ3) is 2.44. The summed E-state index contributed by atoms with van der Waals surface area (Å²) in [5.74, 6) is 0.648.